The van der Waals surface area contributed by atoms with Crippen LogP contribution in [0.15, 0.2) is 46.8 Å². The Morgan fingerprint density at radius 3 is 2.44 bits per heavy atom. The molecule has 0 aliphatic rings. The normalized spacial score (nSPS) is 10.4. The number of carbonyl (C=O) groups is 2. The van der Waals surface area contributed by atoms with E-state index < -0.39 is 0 Å². The maximum absolute atomic E-state index is 12.2. The van der Waals surface area contributed by atoms with Crippen LogP contribution in [-0.4, -0.2) is 32.7 Å². The van der Waals surface area contributed by atoms with E-state index in [1.807, 2.05) is 31.4 Å². The van der Waals surface area contributed by atoms with Crippen molar-refractivity contribution >= 4 is 45.9 Å². The number of rotatable bonds is 6. The van der Waals surface area contributed by atoms with Crippen molar-refractivity contribution in [2.24, 2.45) is 0 Å². The van der Waals surface area contributed by atoms with Gasteiger partial charge in [-0.3, -0.25) is 9.59 Å². The highest BCUT2D eigenvalue weighted by Gasteiger charge is 2.09. The van der Waals surface area contributed by atoms with E-state index in [-0.39, 0.29) is 17.6 Å². The summed E-state index contributed by atoms with van der Waals surface area (Å²) in [5, 5.41) is 16.5. The minimum atomic E-state index is -0.247. The van der Waals surface area contributed by atoms with Crippen molar-refractivity contribution in [2.45, 2.75) is 18.9 Å². The Balaban J connectivity index is 1.50. The Morgan fingerprint density at radius 1 is 1.04 bits per heavy atom. The van der Waals surface area contributed by atoms with E-state index in [1.165, 1.54) is 23.1 Å². The summed E-state index contributed by atoms with van der Waals surface area (Å²) < 4.78 is 0. The Morgan fingerprint density at radius 2 is 1.81 bits per heavy atom. The summed E-state index contributed by atoms with van der Waals surface area (Å²) in [7, 11) is 0. The highest BCUT2D eigenvalue weighted by Crippen LogP contribution is 2.18. The molecule has 0 saturated heterocycles. The van der Waals surface area contributed by atoms with Crippen molar-refractivity contribution in [3.8, 4) is 0 Å². The lowest BCUT2D eigenvalue weighted by Crippen LogP contribution is -2.14. The maximum atomic E-state index is 12.2. The van der Waals surface area contributed by atoms with Crippen LogP contribution >= 0.6 is 23.1 Å². The number of hydrogen-bond acceptors (Lipinski definition) is 7. The van der Waals surface area contributed by atoms with Gasteiger partial charge in [0.05, 0.1) is 11.4 Å². The van der Waals surface area contributed by atoms with Gasteiger partial charge in [0.2, 0.25) is 5.91 Å². The molecule has 3 aromatic rings. The van der Waals surface area contributed by atoms with Gasteiger partial charge in [0.1, 0.15) is 5.03 Å². The van der Waals surface area contributed by atoms with E-state index in [9.17, 15) is 9.59 Å². The number of amides is 2. The van der Waals surface area contributed by atoms with Gasteiger partial charge < -0.3 is 10.6 Å². The predicted octanol–water partition coefficient (Wildman–Crippen LogP) is 3.53. The first-order valence-corrected chi connectivity index (χ1v) is 9.92. The fourth-order valence-corrected chi connectivity index (χ4v) is 3.38. The molecule has 0 bridgehead atoms. The van der Waals surface area contributed by atoms with Crippen LogP contribution in [0.2, 0.25) is 0 Å². The Labute approximate surface area is 164 Å². The molecule has 2 aromatic heterocycles. The van der Waals surface area contributed by atoms with Crippen LogP contribution in [0, 0.1) is 13.8 Å². The predicted molar refractivity (Wildman–Crippen MR) is 107 cm³/mol. The van der Waals surface area contributed by atoms with Gasteiger partial charge in [-0.05, 0) is 38.1 Å². The molecule has 3 rings (SSSR count). The summed E-state index contributed by atoms with van der Waals surface area (Å²) in [6.07, 6.45) is 0. The summed E-state index contributed by atoms with van der Waals surface area (Å²) >= 11 is 2.64. The molecule has 27 heavy (non-hydrogen) atoms. The number of aromatic nitrogens is 3. The van der Waals surface area contributed by atoms with Gasteiger partial charge in [-0.2, -0.15) is 0 Å². The van der Waals surface area contributed by atoms with Crippen LogP contribution < -0.4 is 10.6 Å². The van der Waals surface area contributed by atoms with Crippen molar-refractivity contribution in [3.63, 3.8) is 0 Å². The van der Waals surface area contributed by atoms with E-state index in [2.05, 4.69) is 25.8 Å². The summed E-state index contributed by atoms with van der Waals surface area (Å²) in [5.41, 5.74) is 2.51. The zero-order chi connectivity index (χ0) is 19.2. The van der Waals surface area contributed by atoms with Crippen molar-refractivity contribution in [2.75, 3.05) is 16.4 Å². The maximum Gasteiger partial charge on any atom is 0.256 e. The van der Waals surface area contributed by atoms with Crippen LogP contribution in [0.5, 0.6) is 0 Å². The molecule has 0 atom stereocenters. The van der Waals surface area contributed by atoms with Crippen LogP contribution in [0.25, 0.3) is 0 Å². The number of nitrogens with zero attached hydrogens (tertiary/aromatic N) is 3. The molecule has 2 amide bonds. The van der Waals surface area contributed by atoms with Gasteiger partial charge in [0.25, 0.3) is 5.91 Å². The van der Waals surface area contributed by atoms with E-state index >= 15 is 0 Å². The molecular formula is C18H17N5O2S2. The van der Waals surface area contributed by atoms with E-state index in [0.29, 0.717) is 21.5 Å². The number of thioether (sulfide) groups is 1. The zero-order valence-corrected chi connectivity index (χ0v) is 16.4. The molecule has 1 aromatic carbocycles. The lowest BCUT2D eigenvalue weighted by molar-refractivity contribution is -0.113. The van der Waals surface area contributed by atoms with Gasteiger partial charge in [-0.25, -0.2) is 4.98 Å². The molecular weight excluding hydrogens is 382 g/mol. The molecule has 0 fully saturated rings. The Hall–Kier alpha value is -2.78. The Bertz CT molecular complexity index is 939. The molecule has 0 radical (unpaired) electrons. The van der Waals surface area contributed by atoms with Gasteiger partial charge in [-0.1, -0.05) is 29.5 Å². The minimum absolute atomic E-state index is 0.159. The number of nitrogens with one attached hydrogen (secondary N) is 2. The van der Waals surface area contributed by atoms with Crippen molar-refractivity contribution in [1.82, 2.24) is 15.2 Å². The molecule has 0 aliphatic heterocycles. The summed E-state index contributed by atoms with van der Waals surface area (Å²) in [4.78, 5) is 28.3. The third kappa shape index (κ3) is 5.60. The first-order valence-electron chi connectivity index (χ1n) is 8.06. The van der Waals surface area contributed by atoms with Crippen molar-refractivity contribution in [3.05, 3.63) is 58.6 Å². The Kier molecular flexibility index (Phi) is 6.15. The molecule has 7 nitrogen and oxygen atoms in total. The standard InChI is InChI=1S/C18H17N5O2S2/c1-11-3-5-13(6-4-11)17(25)20-14-7-8-16(23-22-14)26-10-15(24)21-18-19-12(2)9-27-18/h3-9H,10H2,1-2H3,(H,19,21,24)(H,20,22,25). The zero-order valence-electron chi connectivity index (χ0n) is 14.7. The number of thiazole rings is 1. The molecule has 138 valence electrons. The van der Waals surface area contributed by atoms with E-state index in [1.54, 1.807) is 24.3 Å². The lowest BCUT2D eigenvalue weighted by Gasteiger charge is -2.05. The summed E-state index contributed by atoms with van der Waals surface area (Å²) in [6, 6.07) is 10.6. The van der Waals surface area contributed by atoms with E-state index in [4.69, 9.17) is 0 Å². The number of hydrogen-bond donors (Lipinski definition) is 2. The molecule has 2 N–H and O–H groups in total. The quantitative estimate of drug-likeness (QED) is 0.616. The van der Waals surface area contributed by atoms with Gasteiger partial charge >= 0.3 is 0 Å². The SMILES string of the molecule is Cc1ccc(C(=O)Nc2ccc(SCC(=O)Nc3nc(C)cs3)nn2)cc1. The van der Waals surface area contributed by atoms with Gasteiger partial charge in [-0.15, -0.1) is 21.5 Å². The van der Waals surface area contributed by atoms with Crippen LogP contribution in [0.1, 0.15) is 21.6 Å². The third-order valence-corrected chi connectivity index (χ3v) is 5.21. The van der Waals surface area contributed by atoms with Crippen molar-refractivity contribution < 1.29 is 9.59 Å². The largest absolute Gasteiger partial charge is 0.305 e. The van der Waals surface area contributed by atoms with Crippen LogP contribution in [-0.2, 0) is 4.79 Å². The average molecular weight is 400 g/mol. The summed E-state index contributed by atoms with van der Waals surface area (Å²) in [5.74, 6) is 0.144. The monoisotopic (exact) mass is 399 g/mol. The third-order valence-electron chi connectivity index (χ3n) is 3.41. The first-order chi connectivity index (χ1) is 13.0. The number of carbonyl (C=O) groups excluding carboxylic acids is 2. The highest BCUT2D eigenvalue weighted by molar-refractivity contribution is 7.99. The number of anilines is 2. The number of benzene rings is 1. The smallest absolute Gasteiger partial charge is 0.256 e. The lowest BCUT2D eigenvalue weighted by atomic mass is 10.1. The summed E-state index contributed by atoms with van der Waals surface area (Å²) in [6.45, 7) is 3.83. The molecule has 2 heterocycles. The molecule has 0 unspecified atom stereocenters. The number of aryl methyl sites for hydroxylation is 2. The fourth-order valence-electron chi connectivity index (χ4n) is 2.06. The van der Waals surface area contributed by atoms with Gasteiger partial charge in [0.15, 0.2) is 10.9 Å². The minimum Gasteiger partial charge on any atom is -0.305 e. The second-order valence-corrected chi connectivity index (χ2v) is 7.56. The molecule has 0 aliphatic carbocycles. The highest BCUT2D eigenvalue weighted by atomic mass is 32.2. The van der Waals surface area contributed by atoms with Crippen molar-refractivity contribution in [1.29, 1.82) is 0 Å². The van der Waals surface area contributed by atoms with E-state index in [0.717, 1.165) is 11.3 Å². The van der Waals surface area contributed by atoms with Crippen LogP contribution in [0.3, 0.4) is 0 Å². The van der Waals surface area contributed by atoms with Crippen LogP contribution in [0.4, 0.5) is 10.9 Å². The fraction of sp³-hybridized carbons (Fsp3) is 0.167. The first kappa shape index (κ1) is 19.0. The van der Waals surface area contributed by atoms with Gasteiger partial charge in [0, 0.05) is 10.9 Å². The molecule has 9 heteroatoms. The second kappa shape index (κ2) is 8.74. The average Bonchev–Trinajstić information content (AvgIpc) is 3.06. The molecule has 0 saturated carbocycles. The second-order valence-electron chi connectivity index (χ2n) is 5.71. The molecule has 0 spiro atoms. The topological polar surface area (TPSA) is 96.9 Å².